The number of carbonyl (C=O) groups is 2. The summed E-state index contributed by atoms with van der Waals surface area (Å²) in [4.78, 5) is 29.0. The second-order valence-electron chi connectivity index (χ2n) is 6.33. The summed E-state index contributed by atoms with van der Waals surface area (Å²) in [7, 11) is 0. The Hall–Kier alpha value is -2.37. The molecule has 2 amide bonds. The van der Waals surface area contributed by atoms with Gasteiger partial charge in [0.1, 0.15) is 0 Å². The number of benzene rings is 1. The van der Waals surface area contributed by atoms with Gasteiger partial charge >= 0.3 is 0 Å². The third kappa shape index (κ3) is 3.75. The molecule has 1 aliphatic carbocycles. The summed E-state index contributed by atoms with van der Waals surface area (Å²) in [6, 6.07) is 6.22. The number of carbonyl (C=O) groups excluding carboxylic acids is 2. The summed E-state index contributed by atoms with van der Waals surface area (Å²) in [5, 5.41) is 3.17. The van der Waals surface area contributed by atoms with Crippen LogP contribution in [0.1, 0.15) is 43.2 Å². The molecule has 1 heterocycles. The van der Waals surface area contributed by atoms with Crippen molar-refractivity contribution in [2.75, 3.05) is 18.4 Å². The van der Waals surface area contributed by atoms with E-state index < -0.39 is 0 Å². The third-order valence-electron chi connectivity index (χ3n) is 4.65. The third-order valence-corrected chi connectivity index (χ3v) is 4.65. The molecule has 128 valence electrons. The summed E-state index contributed by atoms with van der Waals surface area (Å²) in [6.07, 6.45) is 6.14. The molecule has 1 saturated heterocycles. The van der Waals surface area contributed by atoms with E-state index in [2.05, 4.69) is 16.4 Å². The first-order valence-electron chi connectivity index (χ1n) is 8.66. The fraction of sp³-hybridized carbons (Fsp3) is 0.500. The first-order valence-corrected chi connectivity index (χ1v) is 8.66. The molecule has 6 heteroatoms. The van der Waals surface area contributed by atoms with E-state index in [4.69, 9.17) is 5.73 Å². The van der Waals surface area contributed by atoms with Crippen molar-refractivity contribution >= 4 is 23.5 Å². The van der Waals surface area contributed by atoms with Crippen molar-refractivity contribution in [3.8, 4) is 0 Å². The highest BCUT2D eigenvalue weighted by Crippen LogP contribution is 2.27. The Morgan fingerprint density at radius 1 is 1.08 bits per heavy atom. The molecular formula is C18H24N4O2. The monoisotopic (exact) mass is 328 g/mol. The predicted molar refractivity (Wildman–Crippen MR) is 93.8 cm³/mol. The van der Waals surface area contributed by atoms with Crippen molar-refractivity contribution in [1.29, 1.82) is 0 Å². The minimum Gasteiger partial charge on any atom is -0.370 e. The van der Waals surface area contributed by atoms with Gasteiger partial charge in [0.2, 0.25) is 11.8 Å². The van der Waals surface area contributed by atoms with Gasteiger partial charge in [-0.05, 0) is 49.3 Å². The van der Waals surface area contributed by atoms with E-state index in [1.54, 1.807) is 0 Å². The molecule has 0 spiro atoms. The van der Waals surface area contributed by atoms with Crippen molar-refractivity contribution in [3.05, 3.63) is 29.3 Å². The van der Waals surface area contributed by atoms with Gasteiger partial charge in [-0.2, -0.15) is 0 Å². The number of nitrogens with two attached hydrogens (primary N) is 1. The number of aryl methyl sites for hydroxylation is 1. The summed E-state index contributed by atoms with van der Waals surface area (Å²) in [5.41, 5.74) is 9.69. The number of imide groups is 1. The lowest BCUT2D eigenvalue weighted by molar-refractivity contribution is -0.147. The van der Waals surface area contributed by atoms with Crippen LogP contribution in [-0.4, -0.2) is 35.8 Å². The average Bonchev–Trinajstić information content (AvgIpc) is 2.58. The van der Waals surface area contributed by atoms with Crippen LogP contribution < -0.4 is 11.1 Å². The molecule has 1 fully saturated rings. The van der Waals surface area contributed by atoms with Crippen LogP contribution in [0.2, 0.25) is 0 Å². The van der Waals surface area contributed by atoms with Gasteiger partial charge in [-0.15, -0.1) is 0 Å². The van der Waals surface area contributed by atoms with E-state index in [1.807, 2.05) is 12.1 Å². The Bertz CT molecular complexity index is 653. The Morgan fingerprint density at radius 3 is 2.62 bits per heavy atom. The minimum absolute atomic E-state index is 0.106. The maximum atomic E-state index is 11.7. The second-order valence-corrected chi connectivity index (χ2v) is 6.33. The Balaban J connectivity index is 1.59. The molecule has 0 bridgehead atoms. The number of aliphatic imine (C=N–C) groups is 1. The normalized spacial score (nSPS) is 18.5. The van der Waals surface area contributed by atoms with Gasteiger partial charge in [-0.25, -0.2) is 0 Å². The highest BCUT2D eigenvalue weighted by Gasteiger charge is 2.25. The molecule has 1 aromatic rings. The molecule has 3 rings (SSSR count). The Kier molecular flexibility index (Phi) is 5.13. The van der Waals surface area contributed by atoms with Crippen LogP contribution >= 0.6 is 0 Å². The minimum atomic E-state index is -0.106. The highest BCUT2D eigenvalue weighted by atomic mass is 16.2. The van der Waals surface area contributed by atoms with E-state index in [9.17, 15) is 9.59 Å². The molecular weight excluding hydrogens is 304 g/mol. The van der Waals surface area contributed by atoms with Gasteiger partial charge in [0, 0.05) is 25.1 Å². The van der Waals surface area contributed by atoms with Gasteiger partial charge in [-0.1, -0.05) is 12.1 Å². The molecule has 2 aliphatic rings. The first-order chi connectivity index (χ1) is 11.6. The fourth-order valence-electron chi connectivity index (χ4n) is 3.40. The van der Waals surface area contributed by atoms with Crippen LogP contribution in [0.3, 0.4) is 0 Å². The van der Waals surface area contributed by atoms with Gasteiger partial charge in [-0.3, -0.25) is 19.5 Å². The molecule has 0 unspecified atom stereocenters. The Labute approximate surface area is 142 Å². The zero-order valence-corrected chi connectivity index (χ0v) is 13.9. The topological polar surface area (TPSA) is 87.8 Å². The summed E-state index contributed by atoms with van der Waals surface area (Å²) < 4.78 is 0. The molecule has 24 heavy (non-hydrogen) atoms. The number of anilines is 1. The smallest absolute Gasteiger partial charge is 0.229 e. The number of guanidine groups is 1. The number of fused-ring (bicyclic) bond motifs is 1. The molecule has 0 radical (unpaired) electrons. The highest BCUT2D eigenvalue weighted by molar-refractivity contribution is 5.97. The van der Waals surface area contributed by atoms with Gasteiger partial charge < -0.3 is 11.1 Å². The van der Waals surface area contributed by atoms with Crippen molar-refractivity contribution in [2.45, 2.75) is 44.9 Å². The second kappa shape index (κ2) is 7.47. The fourth-order valence-corrected chi connectivity index (χ4v) is 3.40. The maximum Gasteiger partial charge on any atom is 0.229 e. The van der Waals surface area contributed by atoms with Crippen molar-refractivity contribution < 1.29 is 9.59 Å². The van der Waals surface area contributed by atoms with Crippen LogP contribution in [0, 0.1) is 0 Å². The van der Waals surface area contributed by atoms with Crippen LogP contribution in [0.25, 0.3) is 0 Å². The summed E-state index contributed by atoms with van der Waals surface area (Å²) in [6.45, 7) is 0.623. The largest absolute Gasteiger partial charge is 0.370 e. The molecule has 0 aromatic heterocycles. The number of nitrogens with zero attached hydrogens (tertiary/aromatic N) is 2. The molecule has 1 aromatic carbocycles. The molecule has 3 N–H and O–H groups in total. The van der Waals surface area contributed by atoms with Crippen LogP contribution in [0.15, 0.2) is 23.2 Å². The molecule has 6 nitrogen and oxygen atoms in total. The van der Waals surface area contributed by atoms with E-state index >= 15 is 0 Å². The van der Waals surface area contributed by atoms with Crippen molar-refractivity contribution in [1.82, 2.24) is 4.90 Å². The van der Waals surface area contributed by atoms with Gasteiger partial charge in [0.05, 0.1) is 6.54 Å². The summed E-state index contributed by atoms with van der Waals surface area (Å²) in [5.74, 6) is 0.112. The van der Waals surface area contributed by atoms with Crippen LogP contribution in [-0.2, 0) is 22.4 Å². The van der Waals surface area contributed by atoms with Crippen LogP contribution in [0.5, 0.6) is 0 Å². The Morgan fingerprint density at radius 2 is 1.83 bits per heavy atom. The van der Waals surface area contributed by atoms with Crippen LogP contribution in [0.4, 0.5) is 5.69 Å². The van der Waals surface area contributed by atoms with Gasteiger partial charge in [0.25, 0.3) is 0 Å². The average molecular weight is 328 g/mol. The maximum absolute atomic E-state index is 11.7. The zero-order chi connectivity index (χ0) is 16.9. The number of rotatable bonds is 4. The first kappa shape index (κ1) is 16.5. The SMILES string of the molecule is NC(=NCCN1C(=O)CCCC1=O)Nc1cccc2c1CCCC2. The lowest BCUT2D eigenvalue weighted by Gasteiger charge is -2.24. The zero-order valence-electron chi connectivity index (χ0n) is 13.9. The number of likely N-dealkylation sites (tertiary alicyclic amines) is 1. The van der Waals surface area contributed by atoms with E-state index in [1.165, 1.54) is 28.9 Å². The number of nitrogens with one attached hydrogen (secondary N) is 1. The molecule has 0 saturated carbocycles. The van der Waals surface area contributed by atoms with E-state index in [0.717, 1.165) is 18.5 Å². The standard InChI is InChI=1S/C18H24N4O2/c19-18(20-11-12-22-16(23)9-4-10-17(22)24)21-15-8-3-6-13-5-1-2-7-14(13)15/h3,6,8H,1-2,4-5,7,9-12H2,(H3,19,20,21). The quantitative estimate of drug-likeness (QED) is 0.501. The number of amides is 2. The predicted octanol–water partition coefficient (Wildman–Crippen LogP) is 1.83. The number of hydrogen-bond acceptors (Lipinski definition) is 3. The number of piperidine rings is 1. The van der Waals surface area contributed by atoms with Crippen molar-refractivity contribution in [3.63, 3.8) is 0 Å². The molecule has 0 atom stereocenters. The van der Waals surface area contributed by atoms with E-state index in [0.29, 0.717) is 38.3 Å². The lowest BCUT2D eigenvalue weighted by atomic mass is 9.90. The summed E-state index contributed by atoms with van der Waals surface area (Å²) >= 11 is 0. The number of hydrogen-bond donors (Lipinski definition) is 2. The van der Waals surface area contributed by atoms with Gasteiger partial charge in [0.15, 0.2) is 5.96 Å². The van der Waals surface area contributed by atoms with Crippen molar-refractivity contribution in [2.24, 2.45) is 10.7 Å². The molecule has 1 aliphatic heterocycles. The lowest BCUT2D eigenvalue weighted by Crippen LogP contribution is -2.41. The van der Waals surface area contributed by atoms with E-state index in [-0.39, 0.29) is 11.8 Å².